The molecule has 1 aliphatic rings. The Morgan fingerprint density at radius 2 is 1.81 bits per heavy atom. The van der Waals surface area contributed by atoms with Crippen LogP contribution in [0.4, 0.5) is 8.78 Å². The lowest BCUT2D eigenvalue weighted by atomic mass is 9.91. The Balaban J connectivity index is 1.74. The van der Waals surface area contributed by atoms with Gasteiger partial charge in [0.15, 0.2) is 0 Å². The summed E-state index contributed by atoms with van der Waals surface area (Å²) < 4.78 is 41.3. The lowest BCUT2D eigenvalue weighted by molar-refractivity contribution is -0.142. The molecule has 9 nitrogen and oxygen atoms in total. The number of nitrogens with zero attached hydrogens (tertiary/aromatic N) is 2. The number of fused-ring (bicyclic) bond motifs is 1. The number of aromatic nitrogens is 2. The lowest BCUT2D eigenvalue weighted by Crippen LogP contribution is -2.43. The molecule has 1 amide bonds. The van der Waals surface area contributed by atoms with Gasteiger partial charge in [0.25, 0.3) is 11.5 Å². The van der Waals surface area contributed by atoms with Gasteiger partial charge >= 0.3 is 11.7 Å². The first-order valence-electron chi connectivity index (χ1n) is 11.5. The van der Waals surface area contributed by atoms with Crippen molar-refractivity contribution in [3.63, 3.8) is 0 Å². The third-order valence-corrected chi connectivity index (χ3v) is 6.32. The average Bonchev–Trinajstić information content (AvgIpc) is 2.89. The van der Waals surface area contributed by atoms with Gasteiger partial charge < -0.3 is 19.4 Å². The predicted molar refractivity (Wildman–Crippen MR) is 130 cm³/mol. The van der Waals surface area contributed by atoms with E-state index in [-0.39, 0.29) is 12.0 Å². The van der Waals surface area contributed by atoms with Crippen LogP contribution in [-0.4, -0.2) is 40.8 Å². The average molecular weight is 513 g/mol. The van der Waals surface area contributed by atoms with E-state index in [1.807, 2.05) is 0 Å². The molecule has 194 valence electrons. The molecule has 1 aromatic heterocycles. The maximum atomic E-state index is 14.1. The van der Waals surface area contributed by atoms with Crippen LogP contribution in [0.3, 0.4) is 0 Å². The summed E-state index contributed by atoms with van der Waals surface area (Å²) in [5.41, 5.74) is 0.346. The molecule has 4 rings (SSSR count). The second-order valence-electron chi connectivity index (χ2n) is 8.68. The summed E-state index contributed by atoms with van der Waals surface area (Å²) in [6.45, 7) is 0.402. The van der Waals surface area contributed by atoms with Crippen LogP contribution >= 0.6 is 0 Å². The molecule has 2 heterocycles. The van der Waals surface area contributed by atoms with Crippen LogP contribution in [0.1, 0.15) is 27.9 Å². The van der Waals surface area contributed by atoms with Gasteiger partial charge in [0.1, 0.15) is 29.0 Å². The summed E-state index contributed by atoms with van der Waals surface area (Å²) in [6, 6.07) is 5.11. The molecule has 1 atom stereocenters. The minimum atomic E-state index is -1.25. The fourth-order valence-electron chi connectivity index (χ4n) is 4.43. The number of amides is 1. The summed E-state index contributed by atoms with van der Waals surface area (Å²) in [5.74, 6) is -3.58. The van der Waals surface area contributed by atoms with Crippen LogP contribution in [0, 0.1) is 11.6 Å². The van der Waals surface area contributed by atoms with Crippen molar-refractivity contribution in [2.45, 2.75) is 25.3 Å². The van der Waals surface area contributed by atoms with E-state index in [4.69, 9.17) is 9.47 Å². The summed E-state index contributed by atoms with van der Waals surface area (Å²) in [6.07, 6.45) is 2.63. The van der Waals surface area contributed by atoms with Crippen molar-refractivity contribution in [1.29, 1.82) is 0 Å². The number of rotatable bonds is 6. The van der Waals surface area contributed by atoms with Gasteiger partial charge in [-0.1, -0.05) is 18.2 Å². The molecular formula is C26H25F2N3O6. The van der Waals surface area contributed by atoms with Gasteiger partial charge in [0.05, 0.1) is 19.3 Å². The second kappa shape index (κ2) is 10.4. The third-order valence-electron chi connectivity index (χ3n) is 6.32. The Bertz CT molecular complexity index is 1490. The molecule has 0 saturated heterocycles. The van der Waals surface area contributed by atoms with Gasteiger partial charge in [0, 0.05) is 32.3 Å². The molecule has 0 unspecified atom stereocenters. The summed E-state index contributed by atoms with van der Waals surface area (Å²) in [7, 11) is 4.06. The van der Waals surface area contributed by atoms with E-state index in [1.165, 1.54) is 24.9 Å². The zero-order chi connectivity index (χ0) is 26.9. The van der Waals surface area contributed by atoms with E-state index in [0.29, 0.717) is 36.3 Å². The maximum Gasteiger partial charge on any atom is 0.330 e. The maximum absolute atomic E-state index is 14.1. The summed E-state index contributed by atoms with van der Waals surface area (Å²) in [4.78, 5) is 50.2. The normalized spacial score (nSPS) is 13.3. The van der Waals surface area contributed by atoms with Gasteiger partial charge in [0.2, 0.25) is 0 Å². The third kappa shape index (κ3) is 4.89. The topological polar surface area (TPSA) is 109 Å². The highest BCUT2D eigenvalue weighted by Crippen LogP contribution is 2.37. The molecule has 3 aromatic rings. The van der Waals surface area contributed by atoms with Crippen LogP contribution in [0.5, 0.6) is 5.75 Å². The molecule has 0 radical (unpaired) electrons. The van der Waals surface area contributed by atoms with Crippen LogP contribution in [0.25, 0.3) is 11.1 Å². The number of aryl methyl sites for hydroxylation is 1. The molecule has 0 saturated carbocycles. The van der Waals surface area contributed by atoms with E-state index < -0.39 is 46.4 Å². The summed E-state index contributed by atoms with van der Waals surface area (Å²) >= 11 is 0. The van der Waals surface area contributed by atoms with E-state index in [0.717, 1.165) is 35.4 Å². The van der Waals surface area contributed by atoms with E-state index in [2.05, 4.69) is 5.32 Å². The number of carbonyl (C=O) groups is 2. The molecule has 0 bridgehead atoms. The van der Waals surface area contributed by atoms with Crippen molar-refractivity contribution in [1.82, 2.24) is 14.5 Å². The molecule has 0 fully saturated rings. The summed E-state index contributed by atoms with van der Waals surface area (Å²) in [5, 5.41) is 2.37. The quantitative estimate of drug-likeness (QED) is 0.505. The fraction of sp³-hybridized carbons (Fsp3) is 0.308. The largest absolute Gasteiger partial charge is 0.493 e. The van der Waals surface area contributed by atoms with Crippen molar-refractivity contribution >= 4 is 11.9 Å². The van der Waals surface area contributed by atoms with E-state index in [1.54, 1.807) is 12.1 Å². The number of carbonyl (C=O) groups excluding carboxylic acids is 2. The molecular weight excluding hydrogens is 488 g/mol. The number of hydrogen-bond acceptors (Lipinski definition) is 6. The number of ether oxygens (including phenoxy) is 2. The minimum Gasteiger partial charge on any atom is -0.493 e. The van der Waals surface area contributed by atoms with Crippen molar-refractivity contribution in [2.75, 3.05) is 13.7 Å². The number of methoxy groups -OCH3 is 1. The number of benzene rings is 2. The van der Waals surface area contributed by atoms with Crippen LogP contribution in [0.15, 0.2) is 46.1 Å². The van der Waals surface area contributed by atoms with Crippen molar-refractivity contribution in [2.24, 2.45) is 14.1 Å². The van der Waals surface area contributed by atoms with E-state index >= 15 is 0 Å². The molecule has 2 aromatic carbocycles. The highest BCUT2D eigenvalue weighted by Gasteiger charge is 2.29. The van der Waals surface area contributed by atoms with Gasteiger partial charge in [-0.2, -0.15) is 0 Å². The Hall–Kier alpha value is -4.28. The van der Waals surface area contributed by atoms with Crippen LogP contribution in [0.2, 0.25) is 0 Å². The SMILES string of the molecule is COC(=O)[C@H](Cc1ccc(-c2cn(C)c(=O)n(C)c2=O)c2c1CCCO2)NC(=O)c1c(F)cccc1F. The number of hydrogen-bond donors (Lipinski definition) is 1. The first-order chi connectivity index (χ1) is 17.6. The first kappa shape index (κ1) is 25.8. The monoisotopic (exact) mass is 513 g/mol. The highest BCUT2D eigenvalue weighted by molar-refractivity contribution is 5.97. The van der Waals surface area contributed by atoms with Gasteiger partial charge in [-0.3, -0.25) is 14.2 Å². The van der Waals surface area contributed by atoms with Crippen molar-refractivity contribution in [3.05, 3.63) is 85.7 Å². The molecule has 11 heteroatoms. The van der Waals surface area contributed by atoms with Crippen LogP contribution < -0.4 is 21.3 Å². The highest BCUT2D eigenvalue weighted by atomic mass is 19.1. The molecule has 1 N–H and O–H groups in total. The number of nitrogens with one attached hydrogen (secondary N) is 1. The zero-order valence-electron chi connectivity index (χ0n) is 20.5. The van der Waals surface area contributed by atoms with Gasteiger partial charge in [-0.15, -0.1) is 0 Å². The zero-order valence-corrected chi connectivity index (χ0v) is 20.5. The minimum absolute atomic E-state index is 0.0499. The lowest BCUT2D eigenvalue weighted by Gasteiger charge is -2.25. The molecule has 37 heavy (non-hydrogen) atoms. The Morgan fingerprint density at radius 1 is 1.11 bits per heavy atom. The van der Waals surface area contributed by atoms with Crippen molar-refractivity contribution < 1.29 is 27.8 Å². The predicted octanol–water partition coefficient (Wildman–Crippen LogP) is 1.87. The Morgan fingerprint density at radius 3 is 2.49 bits per heavy atom. The molecule has 0 spiro atoms. The molecule has 0 aliphatic carbocycles. The number of esters is 1. The fourth-order valence-corrected chi connectivity index (χ4v) is 4.43. The molecule has 1 aliphatic heterocycles. The van der Waals surface area contributed by atoms with Gasteiger partial charge in [-0.25, -0.2) is 18.4 Å². The Labute approximate surface area is 210 Å². The van der Waals surface area contributed by atoms with Crippen molar-refractivity contribution in [3.8, 4) is 16.9 Å². The number of halogens is 2. The Kier molecular flexibility index (Phi) is 7.23. The smallest absolute Gasteiger partial charge is 0.330 e. The second-order valence-corrected chi connectivity index (χ2v) is 8.68. The van der Waals surface area contributed by atoms with E-state index in [9.17, 15) is 28.0 Å². The van der Waals surface area contributed by atoms with Crippen LogP contribution in [-0.2, 0) is 36.5 Å². The standard InChI is InChI=1S/C26H25F2N3O6/c1-30-13-17(24(33)31(2)26(30)35)16-10-9-14(15-6-5-11-37-22(15)16)12-20(25(34)36-3)29-23(32)21-18(27)7-4-8-19(21)28/h4,7-10,13,20H,5-6,11-12H2,1-3H3,(H,29,32)/t20-/m0/s1. The van der Waals surface area contributed by atoms with Gasteiger partial charge in [-0.05, 0) is 36.1 Å². The first-order valence-corrected chi connectivity index (χ1v) is 11.5.